The first-order valence-electron chi connectivity index (χ1n) is 5.99. The van der Waals surface area contributed by atoms with Gasteiger partial charge in [0, 0.05) is 12.3 Å². The lowest BCUT2D eigenvalue weighted by Crippen LogP contribution is -2.52. The van der Waals surface area contributed by atoms with E-state index in [1.165, 1.54) is 0 Å². The van der Waals surface area contributed by atoms with Crippen LogP contribution in [0.15, 0.2) is 0 Å². The van der Waals surface area contributed by atoms with Crippen LogP contribution in [0.4, 0.5) is 0 Å². The van der Waals surface area contributed by atoms with Gasteiger partial charge < -0.3 is 9.59 Å². The van der Waals surface area contributed by atoms with E-state index in [-0.39, 0.29) is 30.8 Å². The van der Waals surface area contributed by atoms with Crippen LogP contribution in [0.5, 0.6) is 0 Å². The van der Waals surface area contributed by atoms with E-state index in [1.807, 2.05) is 0 Å². The van der Waals surface area contributed by atoms with Gasteiger partial charge in [0.15, 0.2) is 23.1 Å². The van der Waals surface area contributed by atoms with E-state index in [0.29, 0.717) is 0 Å². The summed E-state index contributed by atoms with van der Waals surface area (Å²) in [5.41, 5.74) is 0. The number of ketones is 4. The third-order valence-corrected chi connectivity index (χ3v) is 3.73. The van der Waals surface area contributed by atoms with Crippen molar-refractivity contribution in [3.63, 3.8) is 0 Å². The molecule has 1 fully saturated rings. The van der Waals surface area contributed by atoms with Crippen molar-refractivity contribution in [3.05, 3.63) is 0 Å². The molecule has 3 unspecified atom stereocenters. The Morgan fingerprint density at radius 3 is 1.90 bits per heavy atom. The Bertz CT molecular complexity index is 453. The topological polar surface area (TPSA) is 102 Å². The molecule has 1 rings (SSSR count). The molecule has 0 N–H and O–H groups in total. The molecule has 7 heteroatoms. The van der Waals surface area contributed by atoms with Gasteiger partial charge in [0.2, 0.25) is 0 Å². The van der Waals surface area contributed by atoms with Crippen molar-refractivity contribution in [1.29, 1.82) is 0 Å². The largest absolute Gasteiger partial charge is 0.302 e. The first-order chi connectivity index (χ1) is 9.38. The van der Waals surface area contributed by atoms with Gasteiger partial charge in [0.25, 0.3) is 0 Å². The standard InChI is InChI=1S/C13H13ClO6/c1-6(3-14)2-9(17)10-12(19)7(4-15)11(18)8(5-16)13(10)20/h4-8,10H,2-3H2,1H3. The van der Waals surface area contributed by atoms with E-state index in [0.717, 1.165) is 0 Å². The first-order valence-corrected chi connectivity index (χ1v) is 6.52. The molecular weight excluding hydrogens is 288 g/mol. The molecule has 0 radical (unpaired) electrons. The van der Waals surface area contributed by atoms with Crippen LogP contribution < -0.4 is 0 Å². The second-order valence-electron chi connectivity index (χ2n) is 4.80. The van der Waals surface area contributed by atoms with Crippen molar-refractivity contribution in [2.75, 3.05) is 5.88 Å². The summed E-state index contributed by atoms with van der Waals surface area (Å²) in [4.78, 5) is 69.0. The molecular formula is C13H13ClO6. The molecule has 0 aromatic heterocycles. The average molecular weight is 301 g/mol. The van der Waals surface area contributed by atoms with Crippen molar-refractivity contribution in [2.45, 2.75) is 13.3 Å². The first kappa shape index (κ1) is 16.4. The SMILES string of the molecule is CC(CCl)CC(=O)C1C(=O)C(C=O)C(=O)C(C=O)C1=O. The van der Waals surface area contributed by atoms with E-state index >= 15 is 0 Å². The van der Waals surface area contributed by atoms with Crippen molar-refractivity contribution in [2.24, 2.45) is 23.7 Å². The van der Waals surface area contributed by atoms with Crippen LogP contribution in [0.3, 0.4) is 0 Å². The maximum absolute atomic E-state index is 12.0. The molecule has 3 atom stereocenters. The van der Waals surface area contributed by atoms with Gasteiger partial charge in [-0.3, -0.25) is 19.2 Å². The smallest absolute Gasteiger partial charge is 0.168 e. The summed E-state index contributed by atoms with van der Waals surface area (Å²) in [5.74, 6) is -9.10. The number of halogens is 1. The second-order valence-corrected chi connectivity index (χ2v) is 5.11. The Hall–Kier alpha value is -1.69. The van der Waals surface area contributed by atoms with Crippen LogP contribution in [-0.2, 0) is 28.8 Å². The van der Waals surface area contributed by atoms with Gasteiger partial charge in [0.05, 0.1) is 0 Å². The zero-order valence-corrected chi connectivity index (χ0v) is 11.5. The van der Waals surface area contributed by atoms with E-state index in [4.69, 9.17) is 11.6 Å². The molecule has 0 amide bonds. The molecule has 0 aromatic rings. The van der Waals surface area contributed by atoms with Crippen LogP contribution in [0.2, 0.25) is 0 Å². The lowest BCUT2D eigenvalue weighted by Gasteiger charge is -2.25. The molecule has 0 spiro atoms. The Morgan fingerprint density at radius 1 is 1.10 bits per heavy atom. The summed E-state index contributed by atoms with van der Waals surface area (Å²) in [5, 5.41) is 0. The van der Waals surface area contributed by atoms with Crippen LogP contribution in [0.1, 0.15) is 13.3 Å². The zero-order chi connectivity index (χ0) is 15.4. The molecule has 0 heterocycles. The number of Topliss-reactive ketones (excluding diaryl/α,β-unsaturated/α-hetero) is 4. The molecule has 20 heavy (non-hydrogen) atoms. The summed E-state index contributed by atoms with van der Waals surface area (Å²) >= 11 is 5.55. The van der Waals surface area contributed by atoms with E-state index in [1.54, 1.807) is 6.92 Å². The molecule has 0 saturated heterocycles. The van der Waals surface area contributed by atoms with Gasteiger partial charge in [-0.2, -0.15) is 0 Å². The van der Waals surface area contributed by atoms with Crippen molar-refractivity contribution in [3.8, 4) is 0 Å². The minimum Gasteiger partial charge on any atom is -0.302 e. The number of aldehydes is 2. The van der Waals surface area contributed by atoms with Gasteiger partial charge in [-0.05, 0) is 5.92 Å². The lowest BCUT2D eigenvalue weighted by molar-refractivity contribution is -0.153. The Morgan fingerprint density at radius 2 is 1.55 bits per heavy atom. The molecule has 108 valence electrons. The zero-order valence-electron chi connectivity index (χ0n) is 10.7. The Balaban J connectivity index is 3.10. The van der Waals surface area contributed by atoms with Crippen LogP contribution >= 0.6 is 11.6 Å². The molecule has 1 aliphatic carbocycles. The molecule has 0 aromatic carbocycles. The highest BCUT2D eigenvalue weighted by Crippen LogP contribution is 2.25. The number of carbonyl (C=O) groups is 6. The highest BCUT2D eigenvalue weighted by Gasteiger charge is 2.51. The fourth-order valence-corrected chi connectivity index (χ4v) is 2.18. The number of carbonyl (C=O) groups excluding carboxylic acids is 6. The third kappa shape index (κ3) is 2.90. The lowest BCUT2D eigenvalue weighted by atomic mass is 9.71. The van der Waals surface area contributed by atoms with Crippen molar-refractivity contribution < 1.29 is 28.8 Å². The minimum atomic E-state index is -1.72. The van der Waals surface area contributed by atoms with Gasteiger partial charge >= 0.3 is 0 Å². The minimum absolute atomic E-state index is 0.0683. The Labute approximate surface area is 119 Å². The Kier molecular flexibility index (Phi) is 5.44. The fraction of sp³-hybridized carbons (Fsp3) is 0.538. The van der Waals surface area contributed by atoms with Crippen molar-refractivity contribution >= 4 is 47.3 Å². The maximum atomic E-state index is 12.0. The van der Waals surface area contributed by atoms with Crippen LogP contribution in [-0.4, -0.2) is 41.6 Å². The summed E-state index contributed by atoms with van der Waals surface area (Å²) in [6, 6.07) is 0. The third-order valence-electron chi connectivity index (χ3n) is 3.20. The number of hydrogen-bond acceptors (Lipinski definition) is 6. The molecule has 6 nitrogen and oxygen atoms in total. The maximum Gasteiger partial charge on any atom is 0.168 e. The van der Waals surface area contributed by atoms with E-state index < -0.39 is 40.9 Å². The number of rotatable bonds is 6. The van der Waals surface area contributed by atoms with Crippen LogP contribution in [0.25, 0.3) is 0 Å². The van der Waals surface area contributed by atoms with Crippen LogP contribution in [0, 0.1) is 23.7 Å². The van der Waals surface area contributed by atoms with Gasteiger partial charge in [0.1, 0.15) is 30.3 Å². The van der Waals surface area contributed by atoms with Gasteiger partial charge in [-0.15, -0.1) is 11.6 Å². The predicted octanol–water partition coefficient (Wildman–Crippen LogP) is -0.212. The predicted molar refractivity (Wildman–Crippen MR) is 67.1 cm³/mol. The highest BCUT2D eigenvalue weighted by atomic mass is 35.5. The van der Waals surface area contributed by atoms with E-state index in [2.05, 4.69) is 0 Å². The van der Waals surface area contributed by atoms with Gasteiger partial charge in [-0.25, -0.2) is 0 Å². The summed E-state index contributed by atoms with van der Waals surface area (Å²) in [6.07, 6.45) is 0.00865. The fourth-order valence-electron chi connectivity index (χ4n) is 2.07. The second kappa shape index (κ2) is 6.65. The molecule has 1 saturated carbocycles. The monoisotopic (exact) mass is 300 g/mol. The summed E-state index contributed by atoms with van der Waals surface area (Å²) in [7, 11) is 0. The summed E-state index contributed by atoms with van der Waals surface area (Å²) < 4.78 is 0. The number of alkyl halides is 1. The molecule has 0 bridgehead atoms. The normalized spacial score (nSPS) is 28.1. The van der Waals surface area contributed by atoms with E-state index in [9.17, 15) is 28.8 Å². The van der Waals surface area contributed by atoms with Crippen molar-refractivity contribution in [1.82, 2.24) is 0 Å². The van der Waals surface area contributed by atoms with Gasteiger partial charge in [-0.1, -0.05) is 6.92 Å². The number of hydrogen-bond donors (Lipinski definition) is 0. The molecule has 0 aliphatic heterocycles. The quantitative estimate of drug-likeness (QED) is 0.382. The average Bonchev–Trinajstić information content (AvgIpc) is 2.39. The summed E-state index contributed by atoms with van der Waals surface area (Å²) in [6.45, 7) is 1.66. The molecule has 1 aliphatic rings. The highest BCUT2D eigenvalue weighted by molar-refractivity contribution is 6.39.